The second-order valence-corrected chi connectivity index (χ2v) is 8.73. The molecule has 1 aliphatic heterocycles. The maximum absolute atomic E-state index is 5.04. The van der Waals surface area contributed by atoms with Crippen molar-refractivity contribution in [2.45, 2.75) is 58.9 Å². The van der Waals surface area contributed by atoms with Gasteiger partial charge in [-0.15, -0.1) is 0 Å². The van der Waals surface area contributed by atoms with E-state index in [4.69, 9.17) is 4.98 Å². The van der Waals surface area contributed by atoms with Gasteiger partial charge in [0, 0.05) is 24.0 Å². The molecule has 0 bridgehead atoms. The summed E-state index contributed by atoms with van der Waals surface area (Å²) >= 11 is 1.94. The summed E-state index contributed by atoms with van der Waals surface area (Å²) in [6.07, 6.45) is 6.34. The highest BCUT2D eigenvalue weighted by molar-refractivity contribution is 7.15. The Morgan fingerprint density at radius 3 is 2.86 bits per heavy atom. The van der Waals surface area contributed by atoms with Crippen LogP contribution in [0.2, 0.25) is 0 Å². The molecule has 0 aromatic carbocycles. The molecule has 3 nitrogen and oxygen atoms in total. The predicted octanol–water partition coefficient (Wildman–Crippen LogP) is 4.00. The van der Waals surface area contributed by atoms with Crippen LogP contribution >= 0.6 is 11.3 Å². The zero-order chi connectivity index (χ0) is 15.0. The maximum atomic E-state index is 5.04. The van der Waals surface area contributed by atoms with E-state index in [1.54, 1.807) is 0 Å². The van der Waals surface area contributed by atoms with Gasteiger partial charge in [-0.2, -0.15) is 0 Å². The van der Waals surface area contributed by atoms with E-state index in [9.17, 15) is 0 Å². The van der Waals surface area contributed by atoms with Crippen LogP contribution in [0.15, 0.2) is 0 Å². The summed E-state index contributed by atoms with van der Waals surface area (Å²) in [5.41, 5.74) is 1.71. The third-order valence-electron chi connectivity index (χ3n) is 5.07. The minimum absolute atomic E-state index is 0.360. The van der Waals surface area contributed by atoms with Crippen LogP contribution in [0.25, 0.3) is 0 Å². The summed E-state index contributed by atoms with van der Waals surface area (Å²) < 4.78 is 0. The fourth-order valence-corrected chi connectivity index (χ4v) is 4.99. The van der Waals surface area contributed by atoms with E-state index in [-0.39, 0.29) is 0 Å². The Bertz CT molecular complexity index is 494. The van der Waals surface area contributed by atoms with Crippen LogP contribution in [0, 0.1) is 11.3 Å². The third-order valence-corrected chi connectivity index (χ3v) is 6.34. The molecule has 1 aromatic heterocycles. The molecule has 21 heavy (non-hydrogen) atoms. The Morgan fingerprint density at radius 1 is 1.29 bits per heavy atom. The van der Waals surface area contributed by atoms with Gasteiger partial charge in [0.25, 0.3) is 0 Å². The predicted molar refractivity (Wildman–Crippen MR) is 91.2 cm³/mol. The lowest BCUT2D eigenvalue weighted by molar-refractivity contribution is 0.265. The summed E-state index contributed by atoms with van der Waals surface area (Å²) in [6.45, 7) is 9.49. The first-order valence-corrected chi connectivity index (χ1v) is 9.22. The summed E-state index contributed by atoms with van der Waals surface area (Å²) in [6, 6.07) is 0.487. The van der Waals surface area contributed by atoms with Crippen LogP contribution in [0.4, 0.5) is 5.13 Å². The Kier molecular flexibility index (Phi) is 4.28. The smallest absolute Gasteiger partial charge is 0.185 e. The summed E-state index contributed by atoms with van der Waals surface area (Å²) in [4.78, 5) is 9.06. The molecule has 2 unspecified atom stereocenters. The van der Waals surface area contributed by atoms with Gasteiger partial charge in [0.05, 0.1) is 5.69 Å². The largest absolute Gasteiger partial charge is 0.348 e. The van der Waals surface area contributed by atoms with E-state index in [0.29, 0.717) is 11.5 Å². The number of thiazole rings is 1. The molecule has 2 aliphatic rings. The molecule has 1 fully saturated rings. The molecule has 0 radical (unpaired) electrons. The van der Waals surface area contributed by atoms with Gasteiger partial charge in [-0.25, -0.2) is 4.98 Å². The normalized spacial score (nSPS) is 29.0. The van der Waals surface area contributed by atoms with E-state index in [0.717, 1.165) is 12.3 Å². The molecule has 1 saturated heterocycles. The van der Waals surface area contributed by atoms with Crippen molar-refractivity contribution in [3.05, 3.63) is 10.6 Å². The van der Waals surface area contributed by atoms with Crippen LogP contribution < -0.4 is 10.2 Å². The lowest BCUT2D eigenvalue weighted by Gasteiger charge is -2.34. The number of fused-ring (bicyclic) bond motifs is 1. The summed E-state index contributed by atoms with van der Waals surface area (Å²) in [7, 11) is 2.09. The van der Waals surface area contributed by atoms with Gasteiger partial charge in [0.1, 0.15) is 0 Å². The standard InChI is InChI=1S/C17H29N3S/c1-12-6-5-8-20(9-7-12)16-19-14-11-17(2,3)10-13(18-4)15(14)21-16/h12-13,18H,5-11H2,1-4H3. The molecule has 0 amide bonds. The SMILES string of the molecule is CNC1CC(C)(C)Cc2nc(N3CCCC(C)CC3)sc21. The maximum Gasteiger partial charge on any atom is 0.185 e. The molecule has 1 aromatic rings. The number of anilines is 1. The lowest BCUT2D eigenvalue weighted by Crippen LogP contribution is -2.30. The van der Waals surface area contributed by atoms with Gasteiger partial charge >= 0.3 is 0 Å². The molecule has 2 heterocycles. The molecular weight excluding hydrogens is 278 g/mol. The first kappa shape index (κ1) is 15.3. The summed E-state index contributed by atoms with van der Waals surface area (Å²) in [5.74, 6) is 0.869. The fraction of sp³-hybridized carbons (Fsp3) is 0.824. The molecule has 2 atom stereocenters. The Morgan fingerprint density at radius 2 is 2.10 bits per heavy atom. The second-order valence-electron chi connectivity index (χ2n) is 7.72. The van der Waals surface area contributed by atoms with Crippen LogP contribution in [0.5, 0.6) is 0 Å². The number of hydrogen-bond donors (Lipinski definition) is 1. The first-order chi connectivity index (χ1) is 9.98. The van der Waals surface area contributed by atoms with Crippen molar-refractivity contribution in [3.8, 4) is 0 Å². The number of nitrogens with zero attached hydrogens (tertiary/aromatic N) is 2. The molecular formula is C17H29N3S. The van der Waals surface area contributed by atoms with E-state index in [1.165, 1.54) is 54.5 Å². The minimum atomic E-state index is 0.360. The van der Waals surface area contributed by atoms with Gasteiger partial charge in [0.2, 0.25) is 0 Å². The molecule has 1 N–H and O–H groups in total. The zero-order valence-corrected chi connectivity index (χ0v) is 14.7. The Labute approximate surface area is 133 Å². The van der Waals surface area contributed by atoms with Crippen LogP contribution in [-0.4, -0.2) is 25.1 Å². The first-order valence-electron chi connectivity index (χ1n) is 8.40. The Balaban J connectivity index is 1.84. The second kappa shape index (κ2) is 5.88. The lowest BCUT2D eigenvalue weighted by atomic mass is 9.76. The molecule has 0 saturated carbocycles. The molecule has 0 spiro atoms. The zero-order valence-electron chi connectivity index (χ0n) is 13.9. The van der Waals surface area contributed by atoms with Crippen molar-refractivity contribution in [3.63, 3.8) is 0 Å². The van der Waals surface area contributed by atoms with Crippen molar-refractivity contribution in [2.24, 2.45) is 11.3 Å². The van der Waals surface area contributed by atoms with Gasteiger partial charge in [-0.05, 0) is 50.5 Å². The number of hydrogen-bond acceptors (Lipinski definition) is 4. The van der Waals surface area contributed by atoms with Crippen molar-refractivity contribution in [1.29, 1.82) is 0 Å². The summed E-state index contributed by atoms with van der Waals surface area (Å²) in [5, 5.41) is 4.77. The highest BCUT2D eigenvalue weighted by atomic mass is 32.1. The van der Waals surface area contributed by atoms with E-state index in [1.807, 2.05) is 11.3 Å². The highest BCUT2D eigenvalue weighted by Gasteiger charge is 2.35. The molecule has 4 heteroatoms. The van der Waals surface area contributed by atoms with Gasteiger partial charge in [0.15, 0.2) is 5.13 Å². The number of aromatic nitrogens is 1. The van der Waals surface area contributed by atoms with Gasteiger partial charge < -0.3 is 10.2 Å². The van der Waals surface area contributed by atoms with Crippen LogP contribution in [0.1, 0.15) is 63.1 Å². The Hall–Kier alpha value is -0.610. The third kappa shape index (κ3) is 3.26. The monoisotopic (exact) mass is 307 g/mol. The van der Waals surface area contributed by atoms with Crippen molar-refractivity contribution >= 4 is 16.5 Å². The fourth-order valence-electron chi connectivity index (χ4n) is 3.74. The molecule has 118 valence electrons. The molecule has 3 rings (SSSR count). The van der Waals surface area contributed by atoms with Crippen molar-refractivity contribution < 1.29 is 0 Å². The topological polar surface area (TPSA) is 28.2 Å². The van der Waals surface area contributed by atoms with Crippen LogP contribution in [0.3, 0.4) is 0 Å². The van der Waals surface area contributed by atoms with Crippen molar-refractivity contribution in [1.82, 2.24) is 10.3 Å². The highest BCUT2D eigenvalue weighted by Crippen LogP contribution is 2.44. The van der Waals surface area contributed by atoms with E-state index in [2.05, 4.69) is 38.0 Å². The average Bonchev–Trinajstić information content (AvgIpc) is 2.71. The minimum Gasteiger partial charge on any atom is -0.348 e. The van der Waals surface area contributed by atoms with E-state index < -0.39 is 0 Å². The van der Waals surface area contributed by atoms with E-state index >= 15 is 0 Å². The van der Waals surface area contributed by atoms with Gasteiger partial charge in [-0.3, -0.25) is 0 Å². The van der Waals surface area contributed by atoms with Gasteiger partial charge in [-0.1, -0.05) is 32.1 Å². The van der Waals surface area contributed by atoms with Crippen molar-refractivity contribution in [2.75, 3.05) is 25.0 Å². The molecule has 1 aliphatic carbocycles. The average molecular weight is 308 g/mol. The number of rotatable bonds is 2. The number of nitrogens with one attached hydrogen (secondary N) is 1. The van der Waals surface area contributed by atoms with Crippen LogP contribution in [-0.2, 0) is 6.42 Å². The quantitative estimate of drug-likeness (QED) is 0.895.